The Balaban J connectivity index is 1.84. The fourth-order valence-corrected chi connectivity index (χ4v) is 3.06. The first-order valence-corrected chi connectivity index (χ1v) is 8.60. The molecule has 2 aromatic heterocycles. The number of rotatable bonds is 3. The number of nitriles is 1. The molecule has 0 N–H and O–H groups in total. The van der Waals surface area contributed by atoms with Gasteiger partial charge < -0.3 is 0 Å². The molecule has 0 spiro atoms. The van der Waals surface area contributed by atoms with Crippen LogP contribution in [0.25, 0.3) is 33.5 Å². The van der Waals surface area contributed by atoms with E-state index in [0.29, 0.717) is 11.1 Å². The van der Waals surface area contributed by atoms with Gasteiger partial charge in [-0.25, -0.2) is 17.6 Å². The molecule has 0 aliphatic heterocycles. The summed E-state index contributed by atoms with van der Waals surface area (Å²) in [6, 6.07) is 10.8. The maximum absolute atomic E-state index is 14.5. The zero-order valence-electron chi connectivity index (χ0n) is 15.1. The second kappa shape index (κ2) is 7.72. The van der Waals surface area contributed by atoms with E-state index in [1.165, 1.54) is 36.5 Å². The van der Waals surface area contributed by atoms with Crippen molar-refractivity contribution in [3.8, 4) is 39.6 Å². The molecular formula is C22H10F4N4. The summed E-state index contributed by atoms with van der Waals surface area (Å²) in [4.78, 5) is 3.44. The lowest BCUT2D eigenvalue weighted by atomic mass is 9.96. The van der Waals surface area contributed by atoms with Gasteiger partial charge >= 0.3 is 0 Å². The summed E-state index contributed by atoms with van der Waals surface area (Å²) in [6.45, 7) is 0. The van der Waals surface area contributed by atoms with Crippen LogP contribution in [-0.2, 0) is 0 Å². The Labute approximate surface area is 168 Å². The fraction of sp³-hybridized carbons (Fsp3) is 0. The molecule has 0 saturated carbocycles. The number of nitrogens with zero attached hydrogens (tertiary/aromatic N) is 4. The van der Waals surface area contributed by atoms with Crippen LogP contribution in [-0.4, -0.2) is 15.2 Å². The quantitative estimate of drug-likeness (QED) is 0.433. The number of aromatic nitrogens is 3. The van der Waals surface area contributed by atoms with Crippen LogP contribution in [0.3, 0.4) is 0 Å². The summed E-state index contributed by atoms with van der Waals surface area (Å²) < 4.78 is 56.0. The largest absolute Gasteiger partial charge is 0.259 e. The summed E-state index contributed by atoms with van der Waals surface area (Å²) in [6.07, 6.45) is 3.08. The average Bonchev–Trinajstić information content (AvgIpc) is 2.74. The summed E-state index contributed by atoms with van der Waals surface area (Å²) in [5.74, 6) is -3.02. The van der Waals surface area contributed by atoms with Gasteiger partial charge in [0.1, 0.15) is 11.6 Å². The fourth-order valence-electron chi connectivity index (χ4n) is 3.06. The summed E-state index contributed by atoms with van der Waals surface area (Å²) >= 11 is 0. The molecular weight excluding hydrogens is 396 g/mol. The molecule has 4 aromatic rings. The maximum Gasteiger partial charge on any atom is 0.153 e. The van der Waals surface area contributed by atoms with Gasteiger partial charge in [0, 0.05) is 16.7 Å². The van der Waals surface area contributed by atoms with E-state index < -0.39 is 23.3 Å². The molecule has 0 saturated heterocycles. The average molecular weight is 406 g/mol. The normalized spacial score (nSPS) is 10.6. The van der Waals surface area contributed by atoms with E-state index in [-0.39, 0.29) is 27.9 Å². The van der Waals surface area contributed by atoms with Crippen LogP contribution in [0.2, 0.25) is 0 Å². The SMILES string of the molecule is N#Cc1cc(F)ccc1-c1cc(-c2cnnc(-c3c(F)cncc3F)c2)ccc1F. The molecule has 2 aromatic carbocycles. The van der Waals surface area contributed by atoms with E-state index in [4.69, 9.17) is 0 Å². The van der Waals surface area contributed by atoms with Crippen LogP contribution < -0.4 is 0 Å². The lowest BCUT2D eigenvalue weighted by Crippen LogP contribution is -1.97. The van der Waals surface area contributed by atoms with Gasteiger partial charge in [-0.1, -0.05) is 12.1 Å². The Hall–Kier alpha value is -4.12. The minimum absolute atomic E-state index is 0.0273. The third-order valence-corrected chi connectivity index (χ3v) is 4.46. The van der Waals surface area contributed by atoms with Gasteiger partial charge in [0.05, 0.1) is 41.5 Å². The van der Waals surface area contributed by atoms with Gasteiger partial charge in [0.2, 0.25) is 0 Å². The Kier molecular flexibility index (Phi) is 4.94. The predicted molar refractivity (Wildman–Crippen MR) is 101 cm³/mol. The van der Waals surface area contributed by atoms with Crippen molar-refractivity contribution in [1.82, 2.24) is 15.2 Å². The third-order valence-electron chi connectivity index (χ3n) is 4.46. The highest BCUT2D eigenvalue weighted by Gasteiger charge is 2.16. The van der Waals surface area contributed by atoms with Crippen molar-refractivity contribution in [2.75, 3.05) is 0 Å². The highest BCUT2D eigenvalue weighted by Crippen LogP contribution is 2.32. The van der Waals surface area contributed by atoms with Crippen LogP contribution in [0.15, 0.2) is 61.1 Å². The minimum Gasteiger partial charge on any atom is -0.259 e. The number of halogens is 4. The predicted octanol–water partition coefficient (Wildman–Crippen LogP) is 5.30. The Bertz CT molecular complexity index is 1290. The van der Waals surface area contributed by atoms with E-state index in [1.807, 2.05) is 6.07 Å². The third kappa shape index (κ3) is 3.49. The van der Waals surface area contributed by atoms with Crippen LogP contribution in [0.4, 0.5) is 17.6 Å². The van der Waals surface area contributed by atoms with Crippen molar-refractivity contribution >= 4 is 0 Å². The monoisotopic (exact) mass is 406 g/mol. The molecule has 0 aliphatic rings. The number of hydrogen-bond acceptors (Lipinski definition) is 4. The topological polar surface area (TPSA) is 62.5 Å². The first kappa shape index (κ1) is 19.2. The molecule has 0 amide bonds. The van der Waals surface area contributed by atoms with Gasteiger partial charge in [-0.15, -0.1) is 0 Å². The molecule has 0 bridgehead atoms. The summed E-state index contributed by atoms with van der Waals surface area (Å²) in [5, 5.41) is 16.8. The highest BCUT2D eigenvalue weighted by molar-refractivity contribution is 5.78. The molecule has 4 rings (SSSR count). The molecule has 0 aliphatic carbocycles. The zero-order chi connectivity index (χ0) is 21.3. The first-order chi connectivity index (χ1) is 14.5. The second-order valence-electron chi connectivity index (χ2n) is 6.30. The molecule has 4 nitrogen and oxygen atoms in total. The summed E-state index contributed by atoms with van der Waals surface area (Å²) in [5.41, 5.74) is 0.696. The van der Waals surface area contributed by atoms with Crippen LogP contribution in [0, 0.1) is 34.6 Å². The smallest absolute Gasteiger partial charge is 0.153 e. The molecule has 146 valence electrons. The van der Waals surface area contributed by atoms with E-state index in [9.17, 15) is 22.8 Å². The van der Waals surface area contributed by atoms with Crippen molar-refractivity contribution in [3.05, 3.63) is 89.9 Å². The van der Waals surface area contributed by atoms with Crippen molar-refractivity contribution < 1.29 is 17.6 Å². The lowest BCUT2D eigenvalue weighted by molar-refractivity contribution is 0.578. The molecule has 30 heavy (non-hydrogen) atoms. The number of hydrogen-bond donors (Lipinski definition) is 0. The van der Waals surface area contributed by atoms with Crippen LogP contribution in [0.5, 0.6) is 0 Å². The van der Waals surface area contributed by atoms with Crippen molar-refractivity contribution in [3.63, 3.8) is 0 Å². The van der Waals surface area contributed by atoms with Crippen LogP contribution >= 0.6 is 0 Å². The van der Waals surface area contributed by atoms with Crippen LogP contribution in [0.1, 0.15) is 5.56 Å². The molecule has 0 radical (unpaired) electrons. The summed E-state index contributed by atoms with van der Waals surface area (Å²) in [7, 11) is 0. The van der Waals surface area contributed by atoms with E-state index in [2.05, 4.69) is 15.2 Å². The van der Waals surface area contributed by atoms with Gasteiger partial charge in [0.15, 0.2) is 11.6 Å². The number of benzene rings is 2. The lowest BCUT2D eigenvalue weighted by Gasteiger charge is -2.10. The van der Waals surface area contributed by atoms with Gasteiger partial charge in [0.25, 0.3) is 0 Å². The van der Waals surface area contributed by atoms with Gasteiger partial charge in [-0.3, -0.25) is 4.98 Å². The minimum atomic E-state index is -0.897. The Morgan fingerprint density at radius 3 is 2.23 bits per heavy atom. The molecule has 8 heteroatoms. The Morgan fingerprint density at radius 2 is 1.50 bits per heavy atom. The van der Waals surface area contributed by atoms with E-state index >= 15 is 0 Å². The van der Waals surface area contributed by atoms with Crippen molar-refractivity contribution in [2.45, 2.75) is 0 Å². The zero-order valence-corrected chi connectivity index (χ0v) is 15.1. The van der Waals surface area contributed by atoms with Crippen molar-refractivity contribution in [1.29, 1.82) is 5.26 Å². The second-order valence-corrected chi connectivity index (χ2v) is 6.30. The molecule has 0 fully saturated rings. The highest BCUT2D eigenvalue weighted by atomic mass is 19.1. The maximum atomic E-state index is 14.5. The van der Waals surface area contributed by atoms with E-state index in [1.54, 1.807) is 0 Å². The standard InChI is InChI=1S/C22H10F4N4/c23-15-2-3-16(13(5-15)8-27)17-6-12(1-4-18(17)24)14-7-21(30-29-9-14)22-19(25)10-28-11-20(22)26/h1-7,9-11H. The molecule has 0 unspecified atom stereocenters. The Morgan fingerprint density at radius 1 is 0.733 bits per heavy atom. The first-order valence-electron chi connectivity index (χ1n) is 8.60. The van der Waals surface area contributed by atoms with Crippen molar-refractivity contribution in [2.24, 2.45) is 0 Å². The van der Waals surface area contributed by atoms with Gasteiger partial charge in [-0.2, -0.15) is 15.5 Å². The molecule has 2 heterocycles. The molecule has 0 atom stereocenters. The van der Waals surface area contributed by atoms with E-state index in [0.717, 1.165) is 24.5 Å². The van der Waals surface area contributed by atoms with Gasteiger partial charge in [-0.05, 0) is 35.9 Å². The number of pyridine rings is 1.